The molecule has 0 aromatic heterocycles. The third-order valence-corrected chi connectivity index (χ3v) is 0.434. The smallest absolute Gasteiger partial charge is 1.00 e. The molecule has 2 N–H and O–H groups in total. The van der Waals surface area contributed by atoms with E-state index in [-0.39, 0.29) is 20.3 Å². The zero-order chi connectivity index (χ0) is 6.73. The number of carbonyl (C=O) groups is 2. The van der Waals surface area contributed by atoms with Gasteiger partial charge in [0.25, 0.3) is 6.17 Å². The van der Waals surface area contributed by atoms with E-state index in [0.29, 0.717) is 0 Å². The van der Waals surface area contributed by atoms with E-state index in [1.807, 2.05) is 0 Å². The van der Waals surface area contributed by atoms with Crippen molar-refractivity contribution in [3.8, 4) is 0 Å². The molecular formula is C3H4FLiO4. The van der Waals surface area contributed by atoms with Crippen LogP contribution in [0.2, 0.25) is 0 Å². The summed E-state index contributed by atoms with van der Waals surface area (Å²) in [6.45, 7) is 0. The van der Waals surface area contributed by atoms with Gasteiger partial charge in [0.1, 0.15) is 0 Å². The largest absolute Gasteiger partial charge is 1.00 e. The number of carboxylic acid groups (broad SMARTS) is 2. The van der Waals surface area contributed by atoms with Gasteiger partial charge < -0.3 is 11.6 Å². The fraction of sp³-hybridized carbons (Fsp3) is 0.333. The van der Waals surface area contributed by atoms with Crippen LogP contribution >= 0.6 is 0 Å². The normalized spacial score (nSPS) is 8.22. The molecule has 0 aliphatic carbocycles. The van der Waals surface area contributed by atoms with Gasteiger partial charge in [0.15, 0.2) is 0 Å². The Hall–Kier alpha value is -0.533. The van der Waals surface area contributed by atoms with E-state index < -0.39 is 18.1 Å². The van der Waals surface area contributed by atoms with Gasteiger partial charge in [-0.25, -0.2) is 14.0 Å². The van der Waals surface area contributed by atoms with Crippen molar-refractivity contribution < 1.29 is 44.5 Å². The average Bonchev–Trinajstić information content (AvgIpc) is 1.64. The number of aliphatic carboxylic acids is 2. The molecule has 0 spiro atoms. The second-order valence-corrected chi connectivity index (χ2v) is 1.04. The van der Waals surface area contributed by atoms with E-state index >= 15 is 0 Å². The van der Waals surface area contributed by atoms with Crippen LogP contribution in [0.25, 0.3) is 0 Å². The van der Waals surface area contributed by atoms with Crippen molar-refractivity contribution in [2.45, 2.75) is 6.17 Å². The summed E-state index contributed by atoms with van der Waals surface area (Å²) in [5.41, 5.74) is 0. The maximum absolute atomic E-state index is 11.4. The Morgan fingerprint density at radius 1 is 1.33 bits per heavy atom. The molecule has 0 aliphatic heterocycles. The number of rotatable bonds is 2. The number of halogens is 1. The van der Waals surface area contributed by atoms with Crippen LogP contribution in [0.3, 0.4) is 0 Å². The predicted octanol–water partition coefficient (Wildman–Crippen LogP) is -3.39. The molecule has 0 saturated carbocycles. The van der Waals surface area contributed by atoms with Crippen molar-refractivity contribution >= 4 is 11.9 Å². The molecule has 9 heavy (non-hydrogen) atoms. The summed E-state index contributed by atoms with van der Waals surface area (Å²) in [6.07, 6.45) is -2.80. The third kappa shape index (κ3) is 4.00. The Labute approximate surface area is 63.3 Å². The Balaban J connectivity index is -0.000000245. The molecule has 0 aliphatic rings. The number of hydrogen-bond donors (Lipinski definition) is 2. The SMILES string of the molecule is O=C(O)C(F)C(=O)O.[H-].[Li+]. The molecule has 0 fully saturated rings. The molecule has 0 radical (unpaired) electrons. The second-order valence-electron chi connectivity index (χ2n) is 1.04. The molecular weight excluding hydrogens is 126 g/mol. The van der Waals surface area contributed by atoms with E-state index in [9.17, 15) is 14.0 Å². The predicted molar refractivity (Wildman–Crippen MR) is 21.3 cm³/mol. The standard InChI is InChI=1S/C3H3FO4.Li.H/c4-1(2(5)6)3(7)8;;/h1H,(H,5,6)(H,7,8);;/q;+1;-1. The molecule has 48 valence electrons. The minimum absolute atomic E-state index is 0. The Morgan fingerprint density at radius 3 is 1.56 bits per heavy atom. The summed E-state index contributed by atoms with van der Waals surface area (Å²) >= 11 is 0. The molecule has 4 nitrogen and oxygen atoms in total. The van der Waals surface area contributed by atoms with Crippen molar-refractivity contribution in [3.05, 3.63) is 0 Å². The van der Waals surface area contributed by atoms with Crippen molar-refractivity contribution in [2.75, 3.05) is 0 Å². The zero-order valence-electron chi connectivity index (χ0n) is 5.67. The van der Waals surface area contributed by atoms with E-state index in [4.69, 9.17) is 10.2 Å². The molecule has 0 aromatic rings. The zero-order valence-corrected chi connectivity index (χ0v) is 4.67. The second kappa shape index (κ2) is 4.36. The Bertz CT molecular complexity index is 116. The molecule has 0 amide bonds. The third-order valence-electron chi connectivity index (χ3n) is 0.434. The molecule has 0 rings (SSSR count). The molecule has 0 aromatic carbocycles. The summed E-state index contributed by atoms with van der Waals surface area (Å²) in [7, 11) is 0. The summed E-state index contributed by atoms with van der Waals surface area (Å²) < 4.78 is 11.4. The maximum atomic E-state index is 11.4. The van der Waals surface area contributed by atoms with Crippen LogP contribution in [0.15, 0.2) is 0 Å². The molecule has 0 bridgehead atoms. The van der Waals surface area contributed by atoms with Gasteiger partial charge in [-0.2, -0.15) is 0 Å². The number of hydrogen-bond acceptors (Lipinski definition) is 2. The van der Waals surface area contributed by atoms with Gasteiger partial charge in [-0.15, -0.1) is 0 Å². The van der Waals surface area contributed by atoms with E-state index in [1.54, 1.807) is 0 Å². The number of alkyl halides is 1. The minimum Gasteiger partial charge on any atom is -1.00 e. The Kier molecular flexibility index (Phi) is 5.46. The van der Waals surface area contributed by atoms with E-state index in [0.717, 1.165) is 0 Å². The summed E-state index contributed by atoms with van der Waals surface area (Å²) in [5, 5.41) is 15.2. The van der Waals surface area contributed by atoms with Crippen molar-refractivity contribution in [1.29, 1.82) is 0 Å². The Morgan fingerprint density at radius 2 is 1.56 bits per heavy atom. The van der Waals surface area contributed by atoms with Crippen molar-refractivity contribution in [2.24, 2.45) is 0 Å². The molecule has 6 heteroatoms. The first-order valence-electron chi connectivity index (χ1n) is 1.65. The quantitative estimate of drug-likeness (QED) is 0.302. The van der Waals surface area contributed by atoms with Crippen LogP contribution in [0.5, 0.6) is 0 Å². The molecule has 0 atom stereocenters. The fourth-order valence-corrected chi connectivity index (χ4v) is 0.106. The van der Waals surface area contributed by atoms with Gasteiger partial charge in [-0.3, -0.25) is 0 Å². The van der Waals surface area contributed by atoms with Crippen LogP contribution < -0.4 is 18.9 Å². The van der Waals surface area contributed by atoms with Crippen LogP contribution in [0.1, 0.15) is 1.43 Å². The first-order valence-corrected chi connectivity index (χ1v) is 1.65. The first-order chi connectivity index (χ1) is 3.55. The molecule has 0 saturated heterocycles. The minimum atomic E-state index is -2.80. The molecule has 0 heterocycles. The van der Waals surface area contributed by atoms with Crippen molar-refractivity contribution in [3.63, 3.8) is 0 Å². The molecule has 0 unspecified atom stereocenters. The summed E-state index contributed by atoms with van der Waals surface area (Å²) in [6, 6.07) is 0. The van der Waals surface area contributed by atoms with Crippen LogP contribution in [-0.4, -0.2) is 28.3 Å². The van der Waals surface area contributed by atoms with Gasteiger partial charge in [0.05, 0.1) is 0 Å². The maximum Gasteiger partial charge on any atom is 1.00 e. The average molecular weight is 130 g/mol. The van der Waals surface area contributed by atoms with Crippen LogP contribution in [0.4, 0.5) is 4.39 Å². The van der Waals surface area contributed by atoms with Crippen molar-refractivity contribution in [1.82, 2.24) is 0 Å². The summed E-state index contributed by atoms with van der Waals surface area (Å²) in [5.74, 6) is -3.95. The summed E-state index contributed by atoms with van der Waals surface area (Å²) in [4.78, 5) is 18.8. The van der Waals surface area contributed by atoms with E-state index in [2.05, 4.69) is 0 Å². The van der Waals surface area contributed by atoms with Gasteiger partial charge >= 0.3 is 30.8 Å². The number of carboxylic acids is 2. The van der Waals surface area contributed by atoms with Gasteiger partial charge in [0, 0.05) is 0 Å². The fourth-order valence-electron chi connectivity index (χ4n) is 0.106. The van der Waals surface area contributed by atoms with Gasteiger partial charge in [-0.1, -0.05) is 0 Å². The monoisotopic (exact) mass is 130 g/mol. The first kappa shape index (κ1) is 11.3. The van der Waals surface area contributed by atoms with Crippen LogP contribution in [-0.2, 0) is 9.59 Å². The van der Waals surface area contributed by atoms with Gasteiger partial charge in [0.2, 0.25) is 0 Å². The van der Waals surface area contributed by atoms with Gasteiger partial charge in [-0.05, 0) is 0 Å². The van der Waals surface area contributed by atoms with E-state index in [1.165, 1.54) is 0 Å². The van der Waals surface area contributed by atoms with Crippen LogP contribution in [0, 0.1) is 0 Å². The topological polar surface area (TPSA) is 74.6 Å².